The van der Waals surface area contributed by atoms with Crippen molar-refractivity contribution >= 4 is 34.6 Å². The summed E-state index contributed by atoms with van der Waals surface area (Å²) in [6.07, 6.45) is 4.84. The molecule has 230 valence electrons. The van der Waals surface area contributed by atoms with Gasteiger partial charge in [-0.05, 0) is 0 Å². The number of fused-ring (bicyclic) bond motifs is 2. The Morgan fingerprint density at radius 3 is 1.02 bits per heavy atom. The first-order chi connectivity index (χ1) is 18.7. The Labute approximate surface area is 266 Å². The third kappa shape index (κ3) is 5.50. The Morgan fingerprint density at radius 1 is 0.524 bits per heavy atom. The first-order valence-corrected chi connectivity index (χ1v) is 31.2. The molecule has 0 aromatic heterocycles. The average Bonchev–Trinajstić information content (AvgIpc) is 3.30. The summed E-state index contributed by atoms with van der Waals surface area (Å²) in [5.41, 5.74) is 12.9. The van der Waals surface area contributed by atoms with Crippen LogP contribution >= 0.6 is 17.0 Å². The fourth-order valence-electron chi connectivity index (χ4n) is 7.80. The SMILES string of the molecule is CC1=Cc2cc(C(C)(C)C)c(C(C)(C)C)cc2[CH]1[Zr]([Cl])([Cl])([CH]1C(C)=Cc2cc(C(C)(C)C)c(C(C)(C)C)cc21)=[Si](C)C. The van der Waals surface area contributed by atoms with E-state index in [0.717, 1.165) is 0 Å². The van der Waals surface area contributed by atoms with E-state index in [0.29, 0.717) is 0 Å². The van der Waals surface area contributed by atoms with Crippen molar-refractivity contribution in [3.05, 3.63) is 79.9 Å². The van der Waals surface area contributed by atoms with E-state index in [1.807, 2.05) is 0 Å². The van der Waals surface area contributed by atoms with Gasteiger partial charge in [0.1, 0.15) is 0 Å². The van der Waals surface area contributed by atoms with Crippen molar-refractivity contribution in [2.75, 3.05) is 0 Å². The van der Waals surface area contributed by atoms with Crippen molar-refractivity contribution in [3.63, 3.8) is 0 Å². The Bertz CT molecular complexity index is 1480. The summed E-state index contributed by atoms with van der Waals surface area (Å²) in [5, 5.41) is 0. The zero-order valence-electron chi connectivity index (χ0n) is 29.4. The van der Waals surface area contributed by atoms with Crippen LogP contribution in [0.3, 0.4) is 0 Å². The molecule has 42 heavy (non-hydrogen) atoms. The molecule has 0 saturated carbocycles. The molecule has 4 rings (SSSR count). The minimum absolute atomic E-state index is 0.0234. The molecule has 2 aliphatic carbocycles. The van der Waals surface area contributed by atoms with Crippen molar-refractivity contribution in [3.8, 4) is 0 Å². The van der Waals surface area contributed by atoms with E-state index >= 15 is 0 Å². The van der Waals surface area contributed by atoms with Crippen LogP contribution in [0.2, 0.25) is 13.1 Å². The van der Waals surface area contributed by atoms with Gasteiger partial charge in [-0.2, -0.15) is 0 Å². The van der Waals surface area contributed by atoms with E-state index in [4.69, 9.17) is 17.0 Å². The fraction of sp³-hybridized carbons (Fsp3) is 0.579. The predicted molar refractivity (Wildman–Crippen MR) is 190 cm³/mol. The summed E-state index contributed by atoms with van der Waals surface area (Å²) in [6, 6.07) is 9.99. The van der Waals surface area contributed by atoms with Gasteiger partial charge in [-0.1, -0.05) is 0 Å². The molecule has 0 aliphatic heterocycles. The van der Waals surface area contributed by atoms with Crippen molar-refractivity contribution in [2.45, 2.75) is 139 Å². The van der Waals surface area contributed by atoms with Gasteiger partial charge >= 0.3 is 268 Å². The van der Waals surface area contributed by atoms with Crippen LogP contribution in [0.5, 0.6) is 0 Å². The van der Waals surface area contributed by atoms with Crippen molar-refractivity contribution in [1.82, 2.24) is 0 Å². The second-order valence-electron chi connectivity index (χ2n) is 17.8. The van der Waals surface area contributed by atoms with Crippen LogP contribution in [-0.4, -0.2) is 5.43 Å². The van der Waals surface area contributed by atoms with Crippen LogP contribution in [-0.2, 0) is 36.7 Å². The van der Waals surface area contributed by atoms with Gasteiger partial charge in [-0.3, -0.25) is 0 Å². The second kappa shape index (κ2) is 10.3. The number of hydrogen-bond donors (Lipinski definition) is 0. The molecule has 4 heteroatoms. The van der Waals surface area contributed by atoms with Crippen molar-refractivity contribution in [1.29, 1.82) is 0 Å². The molecule has 0 radical (unpaired) electrons. The monoisotopic (exact) mass is 700 g/mol. The Morgan fingerprint density at radius 2 is 0.786 bits per heavy atom. The summed E-state index contributed by atoms with van der Waals surface area (Å²) >= 11 is -4.74. The number of rotatable bonds is 2. The van der Waals surface area contributed by atoms with Crippen LogP contribution in [0, 0.1) is 0 Å². The van der Waals surface area contributed by atoms with Gasteiger partial charge in [0.2, 0.25) is 0 Å². The number of hydrogen-bond acceptors (Lipinski definition) is 0. The molecule has 0 fully saturated rings. The molecule has 2 atom stereocenters. The van der Waals surface area contributed by atoms with E-state index in [9.17, 15) is 0 Å². The van der Waals surface area contributed by atoms with Crippen LogP contribution in [0.1, 0.15) is 149 Å². The third-order valence-electron chi connectivity index (χ3n) is 9.99. The first kappa shape index (κ1) is 34.5. The summed E-state index contributed by atoms with van der Waals surface area (Å²) in [5.74, 6) is 0. The third-order valence-corrected chi connectivity index (χ3v) is 57.0. The van der Waals surface area contributed by atoms with Crippen LogP contribution in [0.4, 0.5) is 0 Å². The van der Waals surface area contributed by atoms with Gasteiger partial charge in [0.05, 0.1) is 0 Å². The Kier molecular flexibility index (Phi) is 8.46. The summed E-state index contributed by atoms with van der Waals surface area (Å²) < 4.78 is 0.229. The van der Waals surface area contributed by atoms with E-state index in [1.54, 1.807) is 0 Å². The zero-order valence-corrected chi connectivity index (χ0v) is 34.3. The predicted octanol–water partition coefficient (Wildman–Crippen LogP) is 12.7. The van der Waals surface area contributed by atoms with Gasteiger partial charge < -0.3 is 0 Å². The first-order valence-electron chi connectivity index (χ1n) is 15.8. The molecular weight excluding hydrogens is 647 g/mol. The molecule has 0 saturated heterocycles. The molecule has 0 N–H and O–H groups in total. The zero-order chi connectivity index (χ0) is 32.2. The van der Waals surface area contributed by atoms with E-state index < -0.39 is 20.4 Å². The van der Waals surface area contributed by atoms with E-state index in [-0.39, 0.29) is 28.9 Å². The second-order valence-corrected chi connectivity index (χ2v) is 56.6. The van der Waals surface area contributed by atoms with Crippen molar-refractivity contribution in [2.24, 2.45) is 0 Å². The van der Waals surface area contributed by atoms with E-state index in [2.05, 4.69) is 146 Å². The van der Waals surface area contributed by atoms with E-state index in [1.165, 1.54) is 55.7 Å². The Hall–Kier alpha value is -0.400. The van der Waals surface area contributed by atoms with Gasteiger partial charge in [0.15, 0.2) is 0 Å². The fourth-order valence-corrected chi connectivity index (χ4v) is 38.2. The summed E-state index contributed by atoms with van der Waals surface area (Å²) in [6.45, 7) is 37.5. The molecular formula is C38H56Cl2SiZr. The molecule has 0 amide bonds. The maximum atomic E-state index is 8.52. The minimum atomic E-state index is -4.74. The summed E-state index contributed by atoms with van der Waals surface area (Å²) in [4.78, 5) is 0. The molecule has 0 nitrogen and oxygen atoms in total. The molecule has 2 aromatic rings. The average molecular weight is 703 g/mol. The van der Waals surface area contributed by atoms with Gasteiger partial charge in [0, 0.05) is 0 Å². The molecule has 0 spiro atoms. The van der Waals surface area contributed by atoms with Crippen LogP contribution in [0.25, 0.3) is 12.2 Å². The van der Waals surface area contributed by atoms with Crippen LogP contribution < -0.4 is 0 Å². The van der Waals surface area contributed by atoms with Gasteiger partial charge in [0.25, 0.3) is 0 Å². The van der Waals surface area contributed by atoms with Gasteiger partial charge in [-0.25, -0.2) is 0 Å². The standard InChI is InChI=1S/2C18H25.C2H6Si.2ClH.Zr/c2*1-12-8-13-10-15(17(2,3)4)16(18(5,6)7)11-14(13)9-12;1-3-2;;;/h2*8-11H,1-7H3;1-2H3;2*1H;/q;;;;;+2/p-2. The molecule has 2 aromatic carbocycles. The number of benzene rings is 2. The maximum absolute atomic E-state index is 8.52. The number of halogens is 2. The normalized spacial score (nSPS) is 19.9. The molecule has 2 aliphatic rings. The van der Waals surface area contributed by atoms with Crippen LogP contribution in [0.15, 0.2) is 35.4 Å². The quantitative estimate of drug-likeness (QED) is 0.273. The molecule has 0 heterocycles. The van der Waals surface area contributed by atoms with Crippen molar-refractivity contribution < 1.29 is 15.0 Å². The molecule has 2 unspecified atom stereocenters. The number of allylic oxidation sites excluding steroid dienone is 2. The summed E-state index contributed by atoms with van der Waals surface area (Å²) in [7, 11) is 17.0. The topological polar surface area (TPSA) is 0 Å². The van der Waals surface area contributed by atoms with Gasteiger partial charge in [-0.15, -0.1) is 0 Å². The molecule has 0 bridgehead atoms. The Balaban J connectivity index is 2.08.